The van der Waals surface area contributed by atoms with Gasteiger partial charge in [-0.2, -0.15) is 0 Å². The number of hydrogen-bond acceptors (Lipinski definition) is 3. The Morgan fingerprint density at radius 2 is 2.33 bits per heavy atom. The highest BCUT2D eigenvalue weighted by Crippen LogP contribution is 2.07. The summed E-state index contributed by atoms with van der Waals surface area (Å²) in [6.07, 6.45) is 2.27. The Labute approximate surface area is 71.3 Å². The van der Waals surface area contributed by atoms with Gasteiger partial charge >= 0.3 is 0 Å². The van der Waals surface area contributed by atoms with Gasteiger partial charge < -0.3 is 4.74 Å². The van der Waals surface area contributed by atoms with Crippen LogP contribution in [0.3, 0.4) is 0 Å². The molecule has 12 heavy (non-hydrogen) atoms. The van der Waals surface area contributed by atoms with Gasteiger partial charge in [0, 0.05) is 0 Å². The minimum atomic E-state index is -0.414. The van der Waals surface area contributed by atoms with E-state index in [2.05, 4.69) is 5.32 Å². The van der Waals surface area contributed by atoms with Crippen molar-refractivity contribution in [2.75, 3.05) is 6.61 Å². The molecule has 0 bridgehead atoms. The van der Waals surface area contributed by atoms with Crippen LogP contribution in [0.15, 0.2) is 0 Å². The van der Waals surface area contributed by atoms with E-state index < -0.39 is 6.10 Å². The lowest BCUT2D eigenvalue weighted by atomic mass is 10.1. The molecule has 0 aliphatic carbocycles. The maximum absolute atomic E-state index is 11.1. The van der Waals surface area contributed by atoms with Crippen LogP contribution in [0.2, 0.25) is 0 Å². The van der Waals surface area contributed by atoms with E-state index in [1.165, 1.54) is 0 Å². The molecule has 1 rings (SSSR count). The van der Waals surface area contributed by atoms with Crippen molar-refractivity contribution < 1.29 is 14.3 Å². The fourth-order valence-corrected chi connectivity index (χ4v) is 1.11. The molecule has 4 nitrogen and oxygen atoms in total. The molecule has 1 fully saturated rings. The Morgan fingerprint density at radius 3 is 2.92 bits per heavy atom. The second-order valence-corrected chi connectivity index (χ2v) is 2.85. The van der Waals surface area contributed by atoms with Gasteiger partial charge in [0.1, 0.15) is 12.7 Å². The predicted octanol–water partition coefficient (Wildman–Crippen LogP) is 0.218. The van der Waals surface area contributed by atoms with Gasteiger partial charge in [-0.1, -0.05) is 19.8 Å². The molecule has 68 valence electrons. The topological polar surface area (TPSA) is 55.4 Å². The average Bonchev–Trinajstić information content (AvgIpc) is 2.03. The number of ether oxygens (including phenoxy) is 1. The van der Waals surface area contributed by atoms with E-state index in [1.54, 1.807) is 0 Å². The minimum Gasteiger partial charge on any atom is -0.359 e. The molecule has 2 amide bonds. The van der Waals surface area contributed by atoms with Crippen molar-refractivity contribution in [1.82, 2.24) is 5.32 Å². The average molecular weight is 171 g/mol. The van der Waals surface area contributed by atoms with Gasteiger partial charge in [-0.25, -0.2) is 0 Å². The number of hydrogen-bond donors (Lipinski definition) is 1. The van der Waals surface area contributed by atoms with Crippen LogP contribution in [-0.2, 0) is 14.3 Å². The minimum absolute atomic E-state index is 0.0140. The molecule has 0 aromatic heterocycles. The standard InChI is InChI=1S/C8H13NO3/c1-2-3-4-6-8(11)9-7(10)5-12-6/h6H,2-5H2,1H3,(H,9,10,11). The number of unbranched alkanes of at least 4 members (excludes halogenated alkanes) is 1. The zero-order chi connectivity index (χ0) is 8.97. The summed E-state index contributed by atoms with van der Waals surface area (Å²) in [4.78, 5) is 21.7. The van der Waals surface area contributed by atoms with Crippen molar-refractivity contribution in [1.29, 1.82) is 0 Å². The Kier molecular flexibility index (Phi) is 3.22. The molecule has 4 heteroatoms. The first-order chi connectivity index (χ1) is 5.74. The molecule has 0 aromatic carbocycles. The van der Waals surface area contributed by atoms with Gasteiger partial charge in [0.15, 0.2) is 0 Å². The summed E-state index contributed by atoms with van der Waals surface area (Å²) < 4.78 is 5.04. The number of carbonyl (C=O) groups is 2. The van der Waals surface area contributed by atoms with E-state index in [9.17, 15) is 9.59 Å². The van der Waals surface area contributed by atoms with Crippen molar-refractivity contribution >= 4 is 11.8 Å². The van der Waals surface area contributed by atoms with Crippen molar-refractivity contribution in [3.05, 3.63) is 0 Å². The third-order valence-corrected chi connectivity index (χ3v) is 1.79. The Morgan fingerprint density at radius 1 is 1.58 bits per heavy atom. The Balaban J connectivity index is 2.35. The lowest BCUT2D eigenvalue weighted by molar-refractivity contribution is -0.150. The van der Waals surface area contributed by atoms with Crippen LogP contribution >= 0.6 is 0 Å². The molecule has 1 saturated heterocycles. The normalized spacial score (nSPS) is 23.9. The summed E-state index contributed by atoms with van der Waals surface area (Å²) in [5.74, 6) is -0.632. The van der Waals surface area contributed by atoms with Gasteiger partial charge in [0.05, 0.1) is 0 Å². The van der Waals surface area contributed by atoms with E-state index in [4.69, 9.17) is 4.74 Å². The van der Waals surface area contributed by atoms with Crippen LogP contribution in [0.25, 0.3) is 0 Å². The molecule has 0 saturated carbocycles. The largest absolute Gasteiger partial charge is 0.359 e. The van der Waals surface area contributed by atoms with Gasteiger partial charge in [0.2, 0.25) is 0 Å². The van der Waals surface area contributed by atoms with E-state index in [1.807, 2.05) is 6.92 Å². The molecular formula is C8H13NO3. The molecule has 1 aliphatic rings. The number of rotatable bonds is 3. The zero-order valence-corrected chi connectivity index (χ0v) is 7.13. The molecule has 1 heterocycles. The van der Waals surface area contributed by atoms with Gasteiger partial charge in [-0.05, 0) is 6.42 Å². The summed E-state index contributed by atoms with van der Waals surface area (Å²) in [6.45, 7) is 2.06. The molecule has 0 aromatic rings. The number of imide groups is 1. The first-order valence-electron chi connectivity index (χ1n) is 4.19. The monoisotopic (exact) mass is 171 g/mol. The number of morpholine rings is 1. The summed E-state index contributed by atoms with van der Waals surface area (Å²) in [7, 11) is 0. The van der Waals surface area contributed by atoms with Crippen LogP contribution < -0.4 is 5.32 Å². The first kappa shape index (κ1) is 9.19. The second-order valence-electron chi connectivity index (χ2n) is 2.85. The maximum atomic E-state index is 11.1. The van der Waals surface area contributed by atoms with Crippen molar-refractivity contribution in [2.45, 2.75) is 32.3 Å². The molecular weight excluding hydrogens is 158 g/mol. The molecule has 1 atom stereocenters. The SMILES string of the molecule is CCCCC1OCC(=O)NC1=O. The number of carbonyl (C=O) groups excluding carboxylic acids is 2. The third kappa shape index (κ3) is 2.30. The van der Waals surface area contributed by atoms with Crippen LogP contribution in [0.5, 0.6) is 0 Å². The highest BCUT2D eigenvalue weighted by atomic mass is 16.5. The predicted molar refractivity (Wildman–Crippen MR) is 42.4 cm³/mol. The molecule has 0 spiro atoms. The second kappa shape index (κ2) is 4.21. The smallest absolute Gasteiger partial charge is 0.255 e. The summed E-state index contributed by atoms with van der Waals surface area (Å²) in [6, 6.07) is 0. The Hall–Kier alpha value is -0.900. The molecule has 0 radical (unpaired) electrons. The van der Waals surface area contributed by atoms with Crippen LogP contribution in [-0.4, -0.2) is 24.5 Å². The molecule has 1 aliphatic heterocycles. The summed E-state index contributed by atoms with van der Waals surface area (Å²) >= 11 is 0. The number of amides is 2. The summed E-state index contributed by atoms with van der Waals surface area (Å²) in [5.41, 5.74) is 0. The summed E-state index contributed by atoms with van der Waals surface area (Å²) in [5, 5.41) is 2.24. The molecule has 1 N–H and O–H groups in total. The third-order valence-electron chi connectivity index (χ3n) is 1.79. The van der Waals surface area contributed by atoms with Crippen molar-refractivity contribution in [3.63, 3.8) is 0 Å². The van der Waals surface area contributed by atoms with E-state index in [-0.39, 0.29) is 18.4 Å². The van der Waals surface area contributed by atoms with Crippen molar-refractivity contribution in [3.8, 4) is 0 Å². The van der Waals surface area contributed by atoms with Gasteiger partial charge in [0.25, 0.3) is 11.8 Å². The molecule has 1 unspecified atom stereocenters. The van der Waals surface area contributed by atoms with Crippen molar-refractivity contribution in [2.24, 2.45) is 0 Å². The van der Waals surface area contributed by atoms with E-state index >= 15 is 0 Å². The zero-order valence-electron chi connectivity index (χ0n) is 7.13. The first-order valence-corrected chi connectivity index (χ1v) is 4.19. The fraction of sp³-hybridized carbons (Fsp3) is 0.750. The van der Waals surface area contributed by atoms with Crippen LogP contribution in [0.4, 0.5) is 0 Å². The fourth-order valence-electron chi connectivity index (χ4n) is 1.11. The lowest BCUT2D eigenvalue weighted by Crippen LogP contribution is -2.48. The van der Waals surface area contributed by atoms with E-state index in [0.717, 1.165) is 12.8 Å². The maximum Gasteiger partial charge on any atom is 0.255 e. The van der Waals surface area contributed by atoms with E-state index in [0.29, 0.717) is 6.42 Å². The lowest BCUT2D eigenvalue weighted by Gasteiger charge is -2.20. The number of nitrogens with one attached hydrogen (secondary N) is 1. The highest BCUT2D eigenvalue weighted by Gasteiger charge is 2.26. The quantitative estimate of drug-likeness (QED) is 0.618. The van der Waals surface area contributed by atoms with Gasteiger partial charge in [-0.3, -0.25) is 14.9 Å². The highest BCUT2D eigenvalue weighted by molar-refractivity contribution is 5.99. The Bertz CT molecular complexity index is 191. The van der Waals surface area contributed by atoms with Crippen LogP contribution in [0, 0.1) is 0 Å². The van der Waals surface area contributed by atoms with Crippen LogP contribution in [0.1, 0.15) is 26.2 Å². The van der Waals surface area contributed by atoms with Gasteiger partial charge in [-0.15, -0.1) is 0 Å².